The molecule has 0 aliphatic heterocycles. The first-order valence-corrected chi connectivity index (χ1v) is 12.0. The van der Waals surface area contributed by atoms with Crippen molar-refractivity contribution in [3.63, 3.8) is 0 Å². The molecule has 0 atom stereocenters. The predicted molar refractivity (Wildman–Crippen MR) is 62.3 cm³/mol. The fraction of sp³-hybridized carbons (Fsp3) is 0.800. The highest BCUT2D eigenvalue weighted by Crippen LogP contribution is 2.33. The van der Waals surface area contributed by atoms with Crippen LogP contribution in [0.15, 0.2) is 0 Å². The molecule has 0 N–H and O–H groups in total. The smallest absolute Gasteiger partial charge is 0.466 e. The first-order valence-electron chi connectivity index (χ1n) is 5.48. The van der Waals surface area contributed by atoms with Crippen LogP contribution in [0.2, 0.25) is 6.04 Å². The van der Waals surface area contributed by atoms with Crippen molar-refractivity contribution in [3.8, 4) is 0 Å². The third-order valence-electron chi connectivity index (χ3n) is 1.75. The third kappa shape index (κ3) is 12.7. The summed E-state index contributed by atoms with van der Waals surface area (Å²) in [5, 5.41) is 0. The number of carbonyl (C=O) groups is 1. The lowest BCUT2D eigenvalue weighted by Crippen LogP contribution is -2.58. The van der Waals surface area contributed by atoms with E-state index in [1.54, 1.807) is 0 Å². The molecule has 18 heteroatoms. The van der Waals surface area contributed by atoms with Crippen LogP contribution in [-0.2, 0) is 21.9 Å². The number of esters is 1. The Labute approximate surface area is 128 Å². The second-order valence-corrected chi connectivity index (χ2v) is 10.8. The van der Waals surface area contributed by atoms with E-state index in [-0.39, 0.29) is 0 Å². The van der Waals surface area contributed by atoms with Gasteiger partial charge in [0.25, 0.3) is 0 Å². The summed E-state index contributed by atoms with van der Waals surface area (Å²) >= 11 is 0. The number of carbonyl (C=O) groups excluding carboxylic acids is 1. The van der Waals surface area contributed by atoms with Crippen molar-refractivity contribution in [1.29, 1.82) is 0 Å². The Hall–Kier alpha value is -0.412. The first-order chi connectivity index (χ1) is 10.0. The summed E-state index contributed by atoms with van der Waals surface area (Å²) in [4.78, 5) is 10.4. The predicted octanol–water partition coefficient (Wildman–Crippen LogP) is 2.96. The summed E-state index contributed by atoms with van der Waals surface area (Å²) in [6.07, 6.45) is -0.786. The lowest BCUT2D eigenvalue weighted by molar-refractivity contribution is -0.141. The molecule has 0 rings (SSSR count). The summed E-state index contributed by atoms with van der Waals surface area (Å²) < 4.78 is 125. The van der Waals surface area contributed by atoms with Gasteiger partial charge in [-0.15, -0.1) is 0 Å². The van der Waals surface area contributed by atoms with Crippen LogP contribution in [0.5, 0.6) is 0 Å². The lowest BCUT2D eigenvalue weighted by Gasteiger charge is -2.30. The third-order valence-corrected chi connectivity index (χ3v) is 9.22. The second kappa shape index (κ2) is 8.11. The van der Waals surface area contributed by atoms with Crippen LogP contribution in [0.4, 0.5) is 37.0 Å². The minimum Gasteiger partial charge on any atom is -0.466 e. The molecule has 23 heavy (non-hydrogen) atoms. The van der Waals surface area contributed by atoms with Gasteiger partial charge in [0.05, 0.1) is 6.61 Å². The summed E-state index contributed by atoms with van der Waals surface area (Å²) in [7, 11) is -28.1. The Morgan fingerprint density at radius 3 is 1.39 bits per heavy atom. The van der Waals surface area contributed by atoms with Gasteiger partial charge in [-0.1, -0.05) is 0 Å². The molecule has 0 heterocycles. The van der Waals surface area contributed by atoms with Gasteiger partial charge < -0.3 is 17.1 Å². The minimum absolute atomic E-state index is 0.710. The molecule has 5 nitrogen and oxygen atoms in total. The Morgan fingerprint density at radius 1 is 0.783 bits per heavy atom. The maximum absolute atomic E-state index is 12.3. The van der Waals surface area contributed by atoms with Gasteiger partial charge in [-0.2, -0.15) is 0 Å². The maximum Gasteiger partial charge on any atom is 0.795 e. The summed E-state index contributed by atoms with van der Waals surface area (Å²) in [6, 6.07) is -1.45. The average molecular weight is 432 g/mol. The molecule has 0 aromatic carbocycles. The van der Waals surface area contributed by atoms with Crippen LogP contribution in [0.1, 0.15) is 13.3 Å². The molecule has 0 spiro atoms. The normalized spacial score (nSPS) is 14.0. The van der Waals surface area contributed by atoms with E-state index < -0.39 is 61.8 Å². The molecule has 0 radical (unpaired) electrons. The molecule has 0 aromatic heterocycles. The van der Waals surface area contributed by atoms with Crippen LogP contribution in [0.3, 0.4) is 0 Å². The fourth-order valence-corrected chi connectivity index (χ4v) is 8.91. The molecule has 0 aromatic rings. The van der Waals surface area contributed by atoms with Crippen molar-refractivity contribution in [2.45, 2.75) is 19.4 Å². The molecule has 0 unspecified atom stereocenters. The van der Waals surface area contributed by atoms with E-state index in [9.17, 15) is 41.8 Å². The van der Waals surface area contributed by atoms with E-state index in [4.69, 9.17) is 0 Å². The van der Waals surface area contributed by atoms with Crippen LogP contribution < -0.4 is 0 Å². The molecule has 0 saturated carbocycles. The van der Waals surface area contributed by atoms with Crippen molar-refractivity contribution < 1.29 is 58.8 Å². The van der Waals surface area contributed by atoms with Gasteiger partial charge in [0.1, 0.15) is 0 Å². The van der Waals surface area contributed by atoms with E-state index in [0.29, 0.717) is 0 Å². The van der Waals surface area contributed by atoms with Gasteiger partial charge in [-0.05, 0) is 6.42 Å². The van der Waals surface area contributed by atoms with Crippen molar-refractivity contribution in [1.82, 2.24) is 0 Å². The molecule has 0 amide bonds. The molecular formula is C5H9F9O5Si4. The number of hydrogen-bond donors (Lipinski definition) is 0. The number of ether oxygens (including phenoxy) is 1. The number of rotatable bonds is 10. The summed E-state index contributed by atoms with van der Waals surface area (Å²) in [5.74, 6) is -0.916. The number of hydrogen-bond acceptors (Lipinski definition) is 5. The van der Waals surface area contributed by atoms with Crippen molar-refractivity contribution >= 4 is 42.7 Å². The summed E-state index contributed by atoms with van der Waals surface area (Å²) in [5.41, 5.74) is 0. The van der Waals surface area contributed by atoms with Crippen molar-refractivity contribution in [3.05, 3.63) is 0 Å². The highest BCUT2D eigenvalue weighted by atomic mass is 28.6. The zero-order chi connectivity index (χ0) is 18.5. The Kier molecular flexibility index (Phi) is 7.97. The SMILES string of the molecule is CC(=O)OCCC[Si](O[Si](F)(F)F)(O[Si](F)(F)F)O[Si](F)(F)F. The zero-order valence-corrected chi connectivity index (χ0v) is 15.1. The van der Waals surface area contributed by atoms with E-state index in [0.717, 1.165) is 6.92 Å². The maximum atomic E-state index is 12.3. The first kappa shape index (κ1) is 22.6. The standard InChI is InChI=1S/C5H9F9O5Si4/c1-5(15)16-3-2-4-20(17-21(6,7)8,18-22(9,10)11)19-23(12,13)14/h2-4H2,1H3. The molecule has 0 aliphatic rings. The van der Waals surface area contributed by atoms with Gasteiger partial charge in [0, 0.05) is 13.0 Å². The van der Waals surface area contributed by atoms with Crippen LogP contribution in [-0.4, -0.2) is 49.3 Å². The highest BCUT2D eigenvalue weighted by Gasteiger charge is 2.66. The van der Waals surface area contributed by atoms with Gasteiger partial charge in [0.2, 0.25) is 0 Å². The van der Waals surface area contributed by atoms with Gasteiger partial charge >= 0.3 is 42.7 Å². The molecule has 0 fully saturated rings. The van der Waals surface area contributed by atoms with Crippen LogP contribution >= 0.6 is 0 Å². The quantitative estimate of drug-likeness (QED) is 0.175. The Morgan fingerprint density at radius 2 is 1.13 bits per heavy atom. The van der Waals surface area contributed by atoms with Gasteiger partial charge in [0.15, 0.2) is 0 Å². The molecule has 138 valence electrons. The van der Waals surface area contributed by atoms with Gasteiger partial charge in [-0.25, -0.2) is 37.0 Å². The Bertz CT molecular complexity index is 354. The minimum atomic E-state index is -7.33. The molecule has 0 aliphatic carbocycles. The Balaban J connectivity index is 5.32. The van der Waals surface area contributed by atoms with E-state index >= 15 is 0 Å². The molecule has 0 bridgehead atoms. The van der Waals surface area contributed by atoms with E-state index in [1.165, 1.54) is 0 Å². The van der Waals surface area contributed by atoms with Crippen molar-refractivity contribution in [2.24, 2.45) is 0 Å². The van der Waals surface area contributed by atoms with Crippen molar-refractivity contribution in [2.75, 3.05) is 6.61 Å². The van der Waals surface area contributed by atoms with E-state index in [1.807, 2.05) is 0 Å². The number of halogens is 9. The second-order valence-electron chi connectivity index (χ2n) is 3.77. The highest BCUT2D eigenvalue weighted by molar-refractivity contribution is 6.81. The zero-order valence-electron chi connectivity index (χ0n) is 11.1. The van der Waals surface area contributed by atoms with Gasteiger partial charge in [-0.3, -0.25) is 4.79 Å². The van der Waals surface area contributed by atoms with Crippen LogP contribution in [0, 0.1) is 0 Å². The lowest BCUT2D eigenvalue weighted by atomic mass is 10.5. The summed E-state index contributed by atoms with van der Waals surface area (Å²) in [6.45, 7) is 0.181. The monoisotopic (exact) mass is 432 g/mol. The largest absolute Gasteiger partial charge is 0.795 e. The molecule has 0 saturated heterocycles. The fourth-order valence-electron chi connectivity index (χ4n) is 1.25. The topological polar surface area (TPSA) is 54.0 Å². The van der Waals surface area contributed by atoms with E-state index in [2.05, 4.69) is 17.1 Å². The average Bonchev–Trinajstić information content (AvgIpc) is 2.16. The van der Waals surface area contributed by atoms with Crippen LogP contribution in [0.25, 0.3) is 0 Å². The molecular weight excluding hydrogens is 423 g/mol.